The number of imidazole rings is 1. The van der Waals surface area contributed by atoms with Crippen LogP contribution in [0.3, 0.4) is 0 Å². The summed E-state index contributed by atoms with van der Waals surface area (Å²) in [7, 11) is 1.31. The number of H-pyrrole nitrogens is 1. The first-order chi connectivity index (χ1) is 16.4. The largest absolute Gasteiger partial charge is 0.507 e. The molecule has 2 N–H and O–H groups in total. The van der Waals surface area contributed by atoms with E-state index in [1.165, 1.54) is 31.4 Å². The van der Waals surface area contributed by atoms with E-state index in [0.29, 0.717) is 11.0 Å². The molecule has 0 bridgehead atoms. The van der Waals surface area contributed by atoms with Gasteiger partial charge in [0.05, 0.1) is 29.3 Å². The maximum atomic E-state index is 15.0. The number of anilines is 1. The Labute approximate surface area is 191 Å². The molecular formula is C25H17F2N3O4. The van der Waals surface area contributed by atoms with E-state index in [4.69, 9.17) is 4.74 Å². The van der Waals surface area contributed by atoms with Gasteiger partial charge in [-0.1, -0.05) is 30.3 Å². The Morgan fingerprint density at radius 3 is 2.53 bits per heavy atom. The number of ketones is 1. The van der Waals surface area contributed by atoms with E-state index in [2.05, 4.69) is 9.97 Å². The average molecular weight is 461 g/mol. The van der Waals surface area contributed by atoms with Crippen LogP contribution in [0.2, 0.25) is 0 Å². The number of aromatic nitrogens is 2. The van der Waals surface area contributed by atoms with Gasteiger partial charge in [-0.2, -0.15) is 0 Å². The Morgan fingerprint density at radius 1 is 1.06 bits per heavy atom. The van der Waals surface area contributed by atoms with Crippen molar-refractivity contribution in [3.05, 3.63) is 95.1 Å². The number of methoxy groups -OCH3 is 1. The van der Waals surface area contributed by atoms with Crippen LogP contribution in [0.5, 0.6) is 5.75 Å². The number of hydrogen-bond acceptors (Lipinski definition) is 5. The summed E-state index contributed by atoms with van der Waals surface area (Å²) in [5.41, 5.74) is 0.516. The number of benzene rings is 3. The average Bonchev–Trinajstić information content (AvgIpc) is 3.37. The number of aromatic amines is 1. The predicted octanol–water partition coefficient (Wildman–Crippen LogP) is 4.48. The molecule has 1 aromatic heterocycles. The smallest absolute Gasteiger partial charge is 0.302 e. The van der Waals surface area contributed by atoms with E-state index in [0.717, 1.165) is 17.0 Å². The van der Waals surface area contributed by atoms with Crippen LogP contribution in [0, 0.1) is 11.6 Å². The summed E-state index contributed by atoms with van der Waals surface area (Å²) >= 11 is 0. The van der Waals surface area contributed by atoms with Crippen molar-refractivity contribution >= 4 is 34.4 Å². The van der Waals surface area contributed by atoms with Crippen LogP contribution in [0.4, 0.5) is 14.7 Å². The molecule has 0 aliphatic carbocycles. The van der Waals surface area contributed by atoms with E-state index in [-0.39, 0.29) is 22.8 Å². The molecule has 1 atom stereocenters. The summed E-state index contributed by atoms with van der Waals surface area (Å²) in [6.07, 6.45) is 0. The number of nitrogens with one attached hydrogen (secondary N) is 1. The number of para-hydroxylation sites is 2. The van der Waals surface area contributed by atoms with Gasteiger partial charge in [0.2, 0.25) is 5.95 Å². The van der Waals surface area contributed by atoms with Crippen molar-refractivity contribution in [1.29, 1.82) is 0 Å². The molecule has 5 rings (SSSR count). The van der Waals surface area contributed by atoms with E-state index < -0.39 is 40.7 Å². The first-order valence-corrected chi connectivity index (χ1v) is 10.2. The Morgan fingerprint density at radius 2 is 1.79 bits per heavy atom. The Kier molecular flexibility index (Phi) is 5.09. The van der Waals surface area contributed by atoms with Crippen molar-refractivity contribution in [3.63, 3.8) is 0 Å². The van der Waals surface area contributed by atoms with Crippen molar-refractivity contribution in [2.75, 3.05) is 12.0 Å². The number of fused-ring (bicyclic) bond motifs is 1. The number of Topliss-reactive ketones (excluding diaryl/α,β-unsaturated/α-hetero) is 1. The molecule has 170 valence electrons. The lowest BCUT2D eigenvalue weighted by Crippen LogP contribution is -2.30. The molecule has 1 unspecified atom stereocenters. The van der Waals surface area contributed by atoms with Gasteiger partial charge in [-0.15, -0.1) is 0 Å². The lowest BCUT2D eigenvalue weighted by Gasteiger charge is -2.23. The minimum atomic E-state index is -1.37. The van der Waals surface area contributed by atoms with E-state index in [1.54, 1.807) is 30.3 Å². The molecule has 1 aliphatic heterocycles. The number of nitrogens with zero attached hydrogens (tertiary/aromatic N) is 2. The second-order valence-electron chi connectivity index (χ2n) is 7.61. The SMILES string of the molecule is COc1ccc(F)cc1/C(O)=C1\C(=O)C(=O)N(c2nc3ccccc3[nH]2)C1c1ccccc1F. The highest BCUT2D eigenvalue weighted by molar-refractivity contribution is 6.51. The zero-order valence-electron chi connectivity index (χ0n) is 17.8. The summed E-state index contributed by atoms with van der Waals surface area (Å²) in [5.74, 6) is -4.12. The maximum Gasteiger partial charge on any atom is 0.302 e. The second kappa shape index (κ2) is 8.11. The zero-order valence-corrected chi connectivity index (χ0v) is 17.8. The molecule has 0 spiro atoms. The van der Waals surface area contributed by atoms with Gasteiger partial charge >= 0.3 is 5.91 Å². The number of carbonyl (C=O) groups excluding carboxylic acids is 2. The zero-order chi connectivity index (χ0) is 24.0. The maximum absolute atomic E-state index is 15.0. The Bertz CT molecular complexity index is 1460. The minimum Gasteiger partial charge on any atom is -0.507 e. The summed E-state index contributed by atoms with van der Waals surface area (Å²) in [5, 5.41) is 11.2. The first kappa shape index (κ1) is 21.3. The number of carbonyl (C=O) groups is 2. The third-order valence-corrected chi connectivity index (χ3v) is 5.67. The summed E-state index contributed by atoms with van der Waals surface area (Å²) in [6, 6.07) is 14.6. The summed E-state index contributed by atoms with van der Waals surface area (Å²) < 4.78 is 34.2. The summed E-state index contributed by atoms with van der Waals surface area (Å²) in [6.45, 7) is 0. The number of hydrogen-bond donors (Lipinski definition) is 2. The fourth-order valence-corrected chi connectivity index (χ4v) is 4.11. The number of amides is 1. The normalized spacial score (nSPS) is 17.5. The second-order valence-corrected chi connectivity index (χ2v) is 7.61. The number of rotatable bonds is 4. The minimum absolute atomic E-state index is 0.00168. The lowest BCUT2D eigenvalue weighted by atomic mass is 9.94. The highest BCUT2D eigenvalue weighted by Gasteiger charge is 2.49. The van der Waals surface area contributed by atoms with Crippen molar-refractivity contribution in [1.82, 2.24) is 9.97 Å². The van der Waals surface area contributed by atoms with Gasteiger partial charge in [-0.3, -0.25) is 14.5 Å². The number of halogens is 2. The molecule has 1 aliphatic rings. The third-order valence-electron chi connectivity index (χ3n) is 5.67. The number of aliphatic hydroxyl groups is 1. The predicted molar refractivity (Wildman–Crippen MR) is 120 cm³/mol. The van der Waals surface area contributed by atoms with Crippen LogP contribution in [0.1, 0.15) is 17.2 Å². The fraction of sp³-hybridized carbons (Fsp3) is 0.0800. The molecule has 1 fully saturated rings. The molecule has 1 saturated heterocycles. The van der Waals surface area contributed by atoms with Gasteiger partial charge in [-0.25, -0.2) is 13.8 Å². The molecule has 7 nitrogen and oxygen atoms in total. The van der Waals surface area contributed by atoms with Crippen LogP contribution >= 0.6 is 0 Å². The molecule has 2 heterocycles. The molecule has 0 saturated carbocycles. The fourth-order valence-electron chi connectivity index (χ4n) is 4.11. The van der Waals surface area contributed by atoms with E-state index in [1.807, 2.05) is 0 Å². The van der Waals surface area contributed by atoms with Gasteiger partial charge in [0.1, 0.15) is 29.2 Å². The molecule has 0 radical (unpaired) electrons. The van der Waals surface area contributed by atoms with Crippen molar-refractivity contribution in [2.24, 2.45) is 0 Å². The van der Waals surface area contributed by atoms with Crippen molar-refractivity contribution in [3.8, 4) is 5.75 Å². The Balaban J connectivity index is 1.78. The third kappa shape index (κ3) is 3.29. The molecule has 3 aromatic carbocycles. The lowest BCUT2D eigenvalue weighted by molar-refractivity contribution is -0.132. The monoisotopic (exact) mass is 461 g/mol. The standard InChI is InChI=1S/C25H17F2N3O4/c1-34-19-11-10-13(26)12-15(19)22(31)20-21(14-6-2-3-7-16(14)27)30(24(33)23(20)32)25-28-17-8-4-5-9-18(17)29-25/h2-12,21,31H,1H3,(H,28,29)/b22-20+. The molecule has 1 amide bonds. The Hall–Kier alpha value is -4.53. The van der Waals surface area contributed by atoms with Crippen LogP contribution in [-0.4, -0.2) is 33.9 Å². The molecule has 4 aromatic rings. The van der Waals surface area contributed by atoms with Crippen LogP contribution in [-0.2, 0) is 9.59 Å². The van der Waals surface area contributed by atoms with Gasteiger partial charge < -0.3 is 14.8 Å². The van der Waals surface area contributed by atoms with Gasteiger partial charge in [-0.05, 0) is 36.4 Å². The van der Waals surface area contributed by atoms with Crippen LogP contribution in [0.25, 0.3) is 16.8 Å². The van der Waals surface area contributed by atoms with Gasteiger partial charge in [0.25, 0.3) is 5.78 Å². The first-order valence-electron chi connectivity index (χ1n) is 10.2. The highest BCUT2D eigenvalue weighted by Crippen LogP contribution is 2.43. The summed E-state index contributed by atoms with van der Waals surface area (Å²) in [4.78, 5) is 34.7. The molecular weight excluding hydrogens is 444 g/mol. The molecule has 9 heteroatoms. The number of aliphatic hydroxyl groups excluding tert-OH is 1. The van der Waals surface area contributed by atoms with E-state index in [9.17, 15) is 23.5 Å². The van der Waals surface area contributed by atoms with E-state index >= 15 is 0 Å². The van der Waals surface area contributed by atoms with Gasteiger partial charge in [0.15, 0.2) is 0 Å². The highest BCUT2D eigenvalue weighted by atomic mass is 19.1. The van der Waals surface area contributed by atoms with Crippen molar-refractivity contribution in [2.45, 2.75) is 6.04 Å². The van der Waals surface area contributed by atoms with Gasteiger partial charge in [0, 0.05) is 5.56 Å². The van der Waals surface area contributed by atoms with Crippen LogP contribution < -0.4 is 9.64 Å². The van der Waals surface area contributed by atoms with Crippen molar-refractivity contribution < 1.29 is 28.2 Å². The quantitative estimate of drug-likeness (QED) is 0.266. The topological polar surface area (TPSA) is 95.5 Å². The molecule has 34 heavy (non-hydrogen) atoms. The van der Waals surface area contributed by atoms with Crippen LogP contribution in [0.15, 0.2) is 72.3 Å². The number of ether oxygens (including phenoxy) is 1.